The highest BCUT2D eigenvalue weighted by Crippen LogP contribution is 2.14. The van der Waals surface area contributed by atoms with Crippen LogP contribution in [0, 0.1) is 0 Å². The van der Waals surface area contributed by atoms with Gasteiger partial charge in [0.15, 0.2) is 5.11 Å². The maximum absolute atomic E-state index is 12.1. The highest BCUT2D eigenvalue weighted by molar-refractivity contribution is 9.10. The summed E-state index contributed by atoms with van der Waals surface area (Å²) >= 11 is 8.48. The third-order valence-electron chi connectivity index (χ3n) is 3.24. The molecule has 2 aromatic carbocycles. The van der Waals surface area contributed by atoms with Gasteiger partial charge in [-0.1, -0.05) is 22.9 Å². The minimum absolute atomic E-state index is 0.0134. The summed E-state index contributed by atoms with van der Waals surface area (Å²) in [5.74, 6) is -0.297. The Morgan fingerprint density at radius 3 is 2.08 bits per heavy atom. The van der Waals surface area contributed by atoms with Gasteiger partial charge in [-0.25, -0.2) is 0 Å². The first-order valence-corrected chi connectivity index (χ1v) is 8.96. The third kappa shape index (κ3) is 6.28. The Balaban J connectivity index is 1.88. The summed E-state index contributed by atoms with van der Waals surface area (Å²) in [4.78, 5) is 23.6. The first-order valence-electron chi connectivity index (χ1n) is 7.75. The van der Waals surface area contributed by atoms with Gasteiger partial charge in [0, 0.05) is 27.8 Å². The fourth-order valence-corrected chi connectivity index (χ4v) is 2.50. The van der Waals surface area contributed by atoms with Crippen LogP contribution in [0.3, 0.4) is 0 Å². The van der Waals surface area contributed by atoms with Crippen molar-refractivity contribution in [3.05, 3.63) is 58.6 Å². The standard InChI is InChI=1S/C18H18BrN3O2S/c1-2-3-16(23)20-14-8-10-15(11-9-14)21-18(25)22-17(24)12-4-6-13(19)7-5-12/h4-11H,2-3H2,1H3,(H,20,23)(H2,21,22,24,25). The molecule has 2 amide bonds. The van der Waals surface area contributed by atoms with Crippen molar-refractivity contribution in [1.82, 2.24) is 5.32 Å². The van der Waals surface area contributed by atoms with Gasteiger partial charge >= 0.3 is 0 Å². The van der Waals surface area contributed by atoms with E-state index >= 15 is 0 Å². The molecule has 130 valence electrons. The second kappa shape index (κ2) is 9.29. The maximum atomic E-state index is 12.1. The predicted molar refractivity (Wildman–Crippen MR) is 108 cm³/mol. The fraction of sp³-hybridized carbons (Fsp3) is 0.167. The Hall–Kier alpha value is -2.25. The van der Waals surface area contributed by atoms with E-state index in [1.165, 1.54) is 0 Å². The smallest absolute Gasteiger partial charge is 0.257 e. The molecule has 0 fully saturated rings. The zero-order chi connectivity index (χ0) is 18.2. The van der Waals surface area contributed by atoms with Crippen LogP contribution < -0.4 is 16.0 Å². The van der Waals surface area contributed by atoms with Crippen LogP contribution in [0.4, 0.5) is 11.4 Å². The largest absolute Gasteiger partial charge is 0.332 e. The summed E-state index contributed by atoms with van der Waals surface area (Å²) < 4.78 is 0.899. The van der Waals surface area contributed by atoms with Crippen molar-refractivity contribution in [2.75, 3.05) is 10.6 Å². The Bertz CT molecular complexity index is 761. The molecule has 3 N–H and O–H groups in total. The van der Waals surface area contributed by atoms with Crippen molar-refractivity contribution in [3.63, 3.8) is 0 Å². The summed E-state index contributed by atoms with van der Waals surface area (Å²) in [5, 5.41) is 8.57. The van der Waals surface area contributed by atoms with Gasteiger partial charge in [0.2, 0.25) is 5.91 Å². The molecule has 0 bridgehead atoms. The van der Waals surface area contributed by atoms with Crippen LogP contribution in [0.2, 0.25) is 0 Å². The van der Waals surface area contributed by atoms with Crippen molar-refractivity contribution in [2.45, 2.75) is 19.8 Å². The van der Waals surface area contributed by atoms with E-state index in [1.807, 2.05) is 6.92 Å². The number of nitrogens with one attached hydrogen (secondary N) is 3. The highest BCUT2D eigenvalue weighted by atomic mass is 79.9. The molecule has 0 spiro atoms. The fourth-order valence-electron chi connectivity index (χ4n) is 2.03. The normalized spacial score (nSPS) is 10.0. The number of hydrogen-bond donors (Lipinski definition) is 3. The van der Waals surface area contributed by atoms with E-state index in [0.717, 1.165) is 16.6 Å². The van der Waals surface area contributed by atoms with E-state index < -0.39 is 0 Å². The second-order valence-corrected chi connectivity index (χ2v) is 6.61. The predicted octanol–water partition coefficient (Wildman–Crippen LogP) is 4.31. The quantitative estimate of drug-likeness (QED) is 0.631. The first kappa shape index (κ1) is 19.1. The van der Waals surface area contributed by atoms with Gasteiger partial charge in [-0.2, -0.15) is 0 Å². The molecule has 0 atom stereocenters. The molecule has 0 radical (unpaired) electrons. The summed E-state index contributed by atoms with van der Waals surface area (Å²) in [7, 11) is 0. The zero-order valence-corrected chi connectivity index (χ0v) is 16.0. The number of rotatable bonds is 5. The van der Waals surface area contributed by atoms with Crippen molar-refractivity contribution in [3.8, 4) is 0 Å². The molecule has 0 aliphatic heterocycles. The lowest BCUT2D eigenvalue weighted by molar-refractivity contribution is -0.116. The number of benzene rings is 2. The van der Waals surface area contributed by atoms with Crippen LogP contribution in [-0.2, 0) is 4.79 Å². The molecule has 0 aromatic heterocycles. The molecule has 5 nitrogen and oxygen atoms in total. The molecule has 25 heavy (non-hydrogen) atoms. The molecule has 0 unspecified atom stereocenters. The van der Waals surface area contributed by atoms with Crippen LogP contribution in [-0.4, -0.2) is 16.9 Å². The van der Waals surface area contributed by atoms with Gasteiger partial charge in [-0.05, 0) is 67.2 Å². The number of hydrogen-bond acceptors (Lipinski definition) is 3. The monoisotopic (exact) mass is 419 g/mol. The van der Waals surface area contributed by atoms with Crippen LogP contribution in [0.1, 0.15) is 30.1 Å². The lowest BCUT2D eigenvalue weighted by Gasteiger charge is -2.11. The SMILES string of the molecule is CCCC(=O)Nc1ccc(NC(=S)NC(=O)c2ccc(Br)cc2)cc1. The average molecular weight is 420 g/mol. The number of halogens is 1. The van der Waals surface area contributed by atoms with Crippen LogP contribution in [0.15, 0.2) is 53.0 Å². The highest BCUT2D eigenvalue weighted by Gasteiger charge is 2.08. The summed E-state index contributed by atoms with van der Waals surface area (Å²) in [6.45, 7) is 1.95. The van der Waals surface area contributed by atoms with Crippen LogP contribution in [0.25, 0.3) is 0 Å². The van der Waals surface area contributed by atoms with Crippen molar-refractivity contribution in [1.29, 1.82) is 0 Å². The van der Waals surface area contributed by atoms with Gasteiger partial charge < -0.3 is 10.6 Å². The van der Waals surface area contributed by atoms with E-state index in [0.29, 0.717) is 17.7 Å². The molecular formula is C18H18BrN3O2S. The maximum Gasteiger partial charge on any atom is 0.257 e. The lowest BCUT2D eigenvalue weighted by atomic mass is 10.2. The molecule has 0 aliphatic rings. The Morgan fingerprint density at radius 1 is 0.960 bits per heavy atom. The Kier molecular flexibility index (Phi) is 7.09. The van der Waals surface area contributed by atoms with Crippen molar-refractivity contribution < 1.29 is 9.59 Å². The molecule has 0 saturated carbocycles. The molecule has 0 aliphatic carbocycles. The second-order valence-electron chi connectivity index (χ2n) is 5.29. The number of anilines is 2. The number of carbonyl (C=O) groups excluding carboxylic acids is 2. The molecule has 2 aromatic rings. The van der Waals surface area contributed by atoms with Gasteiger partial charge in [0.05, 0.1) is 0 Å². The molecule has 7 heteroatoms. The van der Waals surface area contributed by atoms with E-state index in [2.05, 4.69) is 31.9 Å². The third-order valence-corrected chi connectivity index (χ3v) is 3.97. The first-order chi connectivity index (χ1) is 12.0. The van der Waals surface area contributed by atoms with Gasteiger partial charge in [-0.3, -0.25) is 14.9 Å². The lowest BCUT2D eigenvalue weighted by Crippen LogP contribution is -2.34. The Labute approximate surface area is 160 Å². The number of carbonyl (C=O) groups is 2. The summed E-state index contributed by atoms with van der Waals surface area (Å²) in [6, 6.07) is 14.1. The number of amides is 2. The molecular weight excluding hydrogens is 402 g/mol. The van der Waals surface area contributed by atoms with Crippen LogP contribution >= 0.6 is 28.1 Å². The van der Waals surface area contributed by atoms with Crippen molar-refractivity contribution in [2.24, 2.45) is 0 Å². The average Bonchev–Trinajstić information content (AvgIpc) is 2.57. The van der Waals surface area contributed by atoms with E-state index in [1.54, 1.807) is 48.5 Å². The van der Waals surface area contributed by atoms with Gasteiger partial charge in [0.1, 0.15) is 0 Å². The van der Waals surface area contributed by atoms with Crippen LogP contribution in [0.5, 0.6) is 0 Å². The molecule has 0 heterocycles. The van der Waals surface area contributed by atoms with E-state index in [4.69, 9.17) is 12.2 Å². The van der Waals surface area contributed by atoms with E-state index in [-0.39, 0.29) is 16.9 Å². The van der Waals surface area contributed by atoms with Gasteiger partial charge in [0.25, 0.3) is 5.91 Å². The van der Waals surface area contributed by atoms with Crippen molar-refractivity contribution >= 4 is 56.4 Å². The molecule has 0 saturated heterocycles. The summed E-state index contributed by atoms with van der Waals surface area (Å²) in [5.41, 5.74) is 1.95. The van der Waals surface area contributed by atoms with Gasteiger partial charge in [-0.15, -0.1) is 0 Å². The molecule has 2 rings (SSSR count). The number of thiocarbonyl (C=S) groups is 1. The Morgan fingerprint density at radius 2 is 1.52 bits per heavy atom. The zero-order valence-electron chi connectivity index (χ0n) is 13.6. The topological polar surface area (TPSA) is 70.2 Å². The minimum atomic E-state index is -0.284. The minimum Gasteiger partial charge on any atom is -0.332 e. The van der Waals surface area contributed by atoms with E-state index in [9.17, 15) is 9.59 Å². The summed E-state index contributed by atoms with van der Waals surface area (Å²) in [6.07, 6.45) is 1.30.